The van der Waals surface area contributed by atoms with Crippen LogP contribution in [0.5, 0.6) is 0 Å². The van der Waals surface area contributed by atoms with Gasteiger partial charge in [0.25, 0.3) is 0 Å². The van der Waals surface area contributed by atoms with Gasteiger partial charge in [0.2, 0.25) is 10.0 Å². The molecule has 0 saturated carbocycles. The minimum atomic E-state index is -3.28. The summed E-state index contributed by atoms with van der Waals surface area (Å²) >= 11 is 0. The lowest BCUT2D eigenvalue weighted by Crippen LogP contribution is -2.33. The Morgan fingerprint density at radius 3 is 2.15 bits per heavy atom. The van der Waals surface area contributed by atoms with E-state index in [9.17, 15) is 8.42 Å². The van der Waals surface area contributed by atoms with E-state index in [0.29, 0.717) is 13.1 Å². The molecule has 0 N–H and O–H groups in total. The lowest BCUT2D eigenvalue weighted by molar-refractivity contribution is 0.426. The summed E-state index contributed by atoms with van der Waals surface area (Å²) in [6, 6.07) is 1.70. The van der Waals surface area contributed by atoms with E-state index in [2.05, 4.69) is 0 Å². The molecule has 1 aliphatic rings. The number of sulfonamides is 1. The molecule has 1 rings (SSSR count). The predicted octanol–water partition coefficient (Wildman–Crippen LogP) is 0.716. The van der Waals surface area contributed by atoms with Crippen LogP contribution in [0.3, 0.4) is 0 Å². The molecule has 0 aromatic rings. The van der Waals surface area contributed by atoms with Crippen molar-refractivity contribution in [2.75, 3.05) is 18.8 Å². The summed E-state index contributed by atoms with van der Waals surface area (Å²) in [6.07, 6.45) is 4.03. The van der Waals surface area contributed by atoms with Gasteiger partial charge in [-0.05, 0) is 12.8 Å². The summed E-state index contributed by atoms with van der Waals surface area (Å²) in [5.41, 5.74) is 0. The molecule has 1 aliphatic heterocycles. The molecule has 0 aliphatic carbocycles. The van der Waals surface area contributed by atoms with Crippen LogP contribution >= 0.6 is 0 Å². The van der Waals surface area contributed by atoms with E-state index in [1.54, 1.807) is 6.07 Å². The molecule has 1 fully saturated rings. The number of hydrogen-bond acceptors (Lipinski definition) is 3. The van der Waals surface area contributed by atoms with Gasteiger partial charge in [-0.15, -0.1) is 0 Å². The topological polar surface area (TPSA) is 61.2 Å². The maximum absolute atomic E-state index is 11.4. The summed E-state index contributed by atoms with van der Waals surface area (Å²) < 4.78 is 24.3. The molecule has 0 aromatic heterocycles. The van der Waals surface area contributed by atoms with Gasteiger partial charge < -0.3 is 0 Å². The minimum absolute atomic E-state index is 0.382. The average molecular weight is 202 g/mol. The Morgan fingerprint density at radius 1 is 1.15 bits per heavy atom. The Labute approximate surface area is 79.2 Å². The number of rotatable bonds is 2. The molecule has 5 heteroatoms. The molecule has 1 heterocycles. The number of nitriles is 1. The van der Waals surface area contributed by atoms with E-state index in [4.69, 9.17) is 5.26 Å². The van der Waals surface area contributed by atoms with Crippen molar-refractivity contribution in [3.05, 3.63) is 0 Å². The maximum Gasteiger partial charge on any atom is 0.227 e. The predicted molar refractivity (Wildman–Crippen MR) is 49.4 cm³/mol. The van der Waals surface area contributed by atoms with E-state index in [-0.39, 0.29) is 5.75 Å². The first-order valence-corrected chi connectivity index (χ1v) is 6.12. The third-order valence-electron chi connectivity index (χ3n) is 2.21. The van der Waals surface area contributed by atoms with Crippen LogP contribution < -0.4 is 0 Å². The first kappa shape index (κ1) is 10.5. The Kier molecular flexibility index (Phi) is 3.70. The van der Waals surface area contributed by atoms with Gasteiger partial charge in [-0.25, -0.2) is 12.7 Å². The highest BCUT2D eigenvalue weighted by molar-refractivity contribution is 7.89. The second kappa shape index (κ2) is 4.58. The van der Waals surface area contributed by atoms with Crippen LogP contribution in [0.15, 0.2) is 0 Å². The molecular weight excluding hydrogens is 188 g/mol. The third kappa shape index (κ3) is 2.98. The van der Waals surface area contributed by atoms with Gasteiger partial charge in [-0.3, -0.25) is 0 Å². The fourth-order valence-corrected chi connectivity index (χ4v) is 2.65. The van der Waals surface area contributed by atoms with Crippen molar-refractivity contribution < 1.29 is 8.42 Å². The van der Waals surface area contributed by atoms with Crippen molar-refractivity contribution >= 4 is 10.0 Å². The normalized spacial score (nSPS) is 20.5. The molecule has 13 heavy (non-hydrogen) atoms. The van der Waals surface area contributed by atoms with E-state index in [1.807, 2.05) is 0 Å². The molecule has 0 aromatic carbocycles. The van der Waals surface area contributed by atoms with Crippen LogP contribution in [0.1, 0.15) is 25.7 Å². The van der Waals surface area contributed by atoms with E-state index in [0.717, 1.165) is 25.7 Å². The third-order valence-corrected chi connectivity index (χ3v) is 3.85. The molecule has 0 atom stereocenters. The van der Waals surface area contributed by atoms with Crippen molar-refractivity contribution in [2.45, 2.75) is 25.7 Å². The molecule has 0 spiro atoms. The smallest absolute Gasteiger partial charge is 0.211 e. The number of hydrogen-bond donors (Lipinski definition) is 0. The Morgan fingerprint density at radius 2 is 1.69 bits per heavy atom. The van der Waals surface area contributed by atoms with Crippen molar-refractivity contribution in [1.82, 2.24) is 4.31 Å². The number of nitrogens with zero attached hydrogens (tertiary/aromatic N) is 2. The van der Waals surface area contributed by atoms with Gasteiger partial charge in [0, 0.05) is 13.1 Å². The highest BCUT2D eigenvalue weighted by Crippen LogP contribution is 2.13. The van der Waals surface area contributed by atoms with Crippen molar-refractivity contribution in [2.24, 2.45) is 0 Å². The lowest BCUT2D eigenvalue weighted by Gasteiger charge is -2.17. The van der Waals surface area contributed by atoms with Crippen LogP contribution in [0.2, 0.25) is 0 Å². The molecule has 0 amide bonds. The van der Waals surface area contributed by atoms with E-state index in [1.165, 1.54) is 4.31 Å². The zero-order valence-electron chi connectivity index (χ0n) is 7.57. The van der Waals surface area contributed by atoms with Gasteiger partial charge in [0.15, 0.2) is 5.75 Å². The molecule has 0 unspecified atom stereocenters. The van der Waals surface area contributed by atoms with Crippen LogP contribution in [0.25, 0.3) is 0 Å². The van der Waals surface area contributed by atoms with Crippen molar-refractivity contribution in [3.8, 4) is 6.07 Å². The van der Waals surface area contributed by atoms with Crippen LogP contribution in [0.4, 0.5) is 0 Å². The fourth-order valence-electron chi connectivity index (χ4n) is 1.49. The van der Waals surface area contributed by atoms with E-state index < -0.39 is 10.0 Å². The SMILES string of the molecule is N#CCS(=O)(=O)N1CCCCCC1. The molecule has 0 radical (unpaired) electrons. The second-order valence-electron chi connectivity index (χ2n) is 3.23. The zero-order valence-corrected chi connectivity index (χ0v) is 8.39. The maximum atomic E-state index is 11.4. The highest BCUT2D eigenvalue weighted by atomic mass is 32.2. The van der Waals surface area contributed by atoms with Crippen LogP contribution in [-0.2, 0) is 10.0 Å². The average Bonchev–Trinajstić information content (AvgIpc) is 2.31. The zero-order chi connectivity index (χ0) is 9.73. The Balaban J connectivity index is 2.64. The standard InChI is InChI=1S/C8H14N2O2S/c9-5-8-13(11,12)10-6-3-1-2-4-7-10/h1-4,6-8H2. The quantitative estimate of drug-likeness (QED) is 0.662. The van der Waals surface area contributed by atoms with Crippen molar-refractivity contribution in [3.63, 3.8) is 0 Å². The molecule has 4 nitrogen and oxygen atoms in total. The van der Waals surface area contributed by atoms with Gasteiger partial charge in [-0.1, -0.05) is 12.8 Å². The molecule has 0 bridgehead atoms. The summed E-state index contributed by atoms with van der Waals surface area (Å²) in [4.78, 5) is 0. The van der Waals surface area contributed by atoms with Gasteiger partial charge in [-0.2, -0.15) is 5.26 Å². The Bertz CT molecular complexity index is 284. The van der Waals surface area contributed by atoms with Gasteiger partial charge >= 0.3 is 0 Å². The first-order valence-electron chi connectivity index (χ1n) is 4.51. The summed E-state index contributed by atoms with van der Waals surface area (Å²) in [6.45, 7) is 1.17. The summed E-state index contributed by atoms with van der Waals surface area (Å²) in [5.74, 6) is -0.382. The largest absolute Gasteiger partial charge is 0.227 e. The Hall–Kier alpha value is -0.600. The molecule has 74 valence electrons. The van der Waals surface area contributed by atoms with Crippen LogP contribution in [0, 0.1) is 11.3 Å². The fraction of sp³-hybridized carbons (Fsp3) is 0.875. The van der Waals surface area contributed by atoms with E-state index >= 15 is 0 Å². The summed E-state index contributed by atoms with van der Waals surface area (Å²) in [5, 5.41) is 8.35. The minimum Gasteiger partial charge on any atom is -0.211 e. The van der Waals surface area contributed by atoms with Gasteiger partial charge in [0.1, 0.15) is 0 Å². The van der Waals surface area contributed by atoms with Gasteiger partial charge in [0.05, 0.1) is 6.07 Å². The lowest BCUT2D eigenvalue weighted by atomic mass is 10.2. The monoisotopic (exact) mass is 202 g/mol. The second-order valence-corrected chi connectivity index (χ2v) is 5.20. The highest BCUT2D eigenvalue weighted by Gasteiger charge is 2.22. The molecule has 1 saturated heterocycles. The first-order chi connectivity index (χ1) is 6.17. The van der Waals surface area contributed by atoms with Crippen LogP contribution in [-0.4, -0.2) is 31.6 Å². The summed E-state index contributed by atoms with van der Waals surface area (Å²) in [7, 11) is -3.28. The van der Waals surface area contributed by atoms with Crippen molar-refractivity contribution in [1.29, 1.82) is 5.26 Å². The molecular formula is C8H14N2O2S.